The van der Waals surface area contributed by atoms with Gasteiger partial charge in [-0.1, -0.05) is 49.0 Å². The van der Waals surface area contributed by atoms with Crippen molar-refractivity contribution in [3.05, 3.63) is 135 Å². The van der Waals surface area contributed by atoms with E-state index in [9.17, 15) is 29.1 Å². The quantitative estimate of drug-likeness (QED) is 0.0582. The number of carbonyl (C=O) groups excluding carboxylic acids is 4. The molecule has 65 heavy (non-hydrogen) atoms. The van der Waals surface area contributed by atoms with Crippen molar-refractivity contribution in [3.8, 4) is 22.6 Å². The third kappa shape index (κ3) is 9.29. The molecular weight excluding hydrogens is 849 g/mol. The second kappa shape index (κ2) is 19.2. The Hall–Kier alpha value is -6.72. The largest absolute Gasteiger partial charge is 0.508 e. The molecule has 16 heteroatoms. The number of fused-ring (bicyclic) bond motifs is 3. The number of imide groups is 1. The summed E-state index contributed by atoms with van der Waals surface area (Å²) in [5.41, 5.74) is 4.52. The molecule has 3 aliphatic rings. The minimum atomic E-state index is -0.645. The number of aromatic nitrogens is 2. The van der Waals surface area contributed by atoms with Crippen LogP contribution in [0.15, 0.2) is 102 Å². The van der Waals surface area contributed by atoms with Crippen LogP contribution in [0.25, 0.3) is 32.8 Å². The highest BCUT2D eigenvalue weighted by Gasteiger charge is 2.41. The van der Waals surface area contributed by atoms with E-state index in [4.69, 9.17) is 19.2 Å². The maximum Gasteiger partial charge on any atom is 0.261 e. The first-order valence-electron chi connectivity index (χ1n) is 21.6. The van der Waals surface area contributed by atoms with Gasteiger partial charge in [0.15, 0.2) is 0 Å². The number of hydrogen-bond donors (Lipinski definition) is 3. The minimum absolute atomic E-state index is 0.109. The van der Waals surface area contributed by atoms with E-state index < -0.39 is 11.9 Å². The highest BCUT2D eigenvalue weighted by Crippen LogP contribution is 2.36. The molecule has 5 heterocycles. The molecule has 3 aliphatic heterocycles. The molecular formula is C49H48N6O9S. The van der Waals surface area contributed by atoms with Crippen molar-refractivity contribution < 1.29 is 38.5 Å². The first-order chi connectivity index (χ1) is 31.6. The van der Waals surface area contributed by atoms with Crippen LogP contribution in [0, 0.1) is 0 Å². The number of benzene rings is 4. The monoisotopic (exact) mass is 896 g/mol. The van der Waals surface area contributed by atoms with E-state index in [1.54, 1.807) is 26.5 Å². The van der Waals surface area contributed by atoms with Crippen molar-refractivity contribution in [2.24, 2.45) is 0 Å². The van der Waals surface area contributed by atoms with Gasteiger partial charge in [0, 0.05) is 55.0 Å². The maximum atomic E-state index is 14.2. The molecule has 15 nitrogen and oxygen atoms in total. The third-order valence-electron chi connectivity index (χ3n) is 12.1. The van der Waals surface area contributed by atoms with Crippen LogP contribution in [0.4, 0.5) is 0 Å². The van der Waals surface area contributed by atoms with Gasteiger partial charge < -0.3 is 34.4 Å². The molecule has 0 spiro atoms. The summed E-state index contributed by atoms with van der Waals surface area (Å²) < 4.78 is 19.4. The number of ether oxygens (including phenoxy) is 3. The van der Waals surface area contributed by atoms with Crippen LogP contribution < -0.4 is 20.9 Å². The molecule has 9 rings (SSSR count). The number of thiophene rings is 1. The molecule has 3 N–H and O–H groups in total. The zero-order valence-corrected chi connectivity index (χ0v) is 36.4. The van der Waals surface area contributed by atoms with E-state index in [2.05, 4.69) is 17.2 Å². The van der Waals surface area contributed by atoms with Gasteiger partial charge in [0.2, 0.25) is 17.7 Å². The Morgan fingerprint density at radius 1 is 0.938 bits per heavy atom. The van der Waals surface area contributed by atoms with Crippen molar-refractivity contribution in [2.45, 2.75) is 51.0 Å². The molecule has 334 valence electrons. The average Bonchev–Trinajstić information content (AvgIpc) is 3.85. The molecule has 0 saturated carbocycles. The van der Waals surface area contributed by atoms with Crippen LogP contribution in [0.1, 0.15) is 50.9 Å². The second-order valence-corrected chi connectivity index (χ2v) is 17.3. The third-order valence-corrected chi connectivity index (χ3v) is 13.1. The van der Waals surface area contributed by atoms with E-state index >= 15 is 0 Å². The number of hydrogen-bond acceptors (Lipinski definition) is 12. The minimum Gasteiger partial charge on any atom is -0.508 e. The van der Waals surface area contributed by atoms with Crippen molar-refractivity contribution in [3.63, 3.8) is 0 Å². The number of piperidine rings is 1. The Kier molecular flexibility index (Phi) is 12.8. The molecule has 0 radical (unpaired) electrons. The van der Waals surface area contributed by atoms with Gasteiger partial charge in [0.25, 0.3) is 11.5 Å². The van der Waals surface area contributed by atoms with Gasteiger partial charge in [-0.15, -0.1) is 11.3 Å². The van der Waals surface area contributed by atoms with Crippen molar-refractivity contribution in [1.82, 2.24) is 30.0 Å². The fourth-order valence-electron chi connectivity index (χ4n) is 8.65. The van der Waals surface area contributed by atoms with E-state index in [1.807, 2.05) is 72.1 Å². The molecule has 2 fully saturated rings. The zero-order chi connectivity index (χ0) is 45.0. The smallest absolute Gasteiger partial charge is 0.261 e. The number of nitrogens with zero attached hydrogens (tertiary/aromatic N) is 4. The van der Waals surface area contributed by atoms with E-state index in [1.165, 1.54) is 17.4 Å². The van der Waals surface area contributed by atoms with Crippen molar-refractivity contribution in [2.75, 3.05) is 46.1 Å². The van der Waals surface area contributed by atoms with Gasteiger partial charge >= 0.3 is 0 Å². The Balaban J connectivity index is 0.725. The van der Waals surface area contributed by atoms with Crippen LogP contribution in [-0.4, -0.2) is 100 Å². The molecule has 2 aromatic heterocycles. The lowest BCUT2D eigenvalue weighted by molar-refractivity contribution is -0.137. The van der Waals surface area contributed by atoms with Crippen molar-refractivity contribution in [1.29, 1.82) is 0 Å². The van der Waals surface area contributed by atoms with Crippen LogP contribution >= 0.6 is 11.3 Å². The van der Waals surface area contributed by atoms with Gasteiger partial charge in [0.05, 0.1) is 55.4 Å². The van der Waals surface area contributed by atoms with Gasteiger partial charge in [-0.25, -0.2) is 4.98 Å². The number of aromatic hydroxyl groups is 1. The summed E-state index contributed by atoms with van der Waals surface area (Å²) >= 11 is 1.47. The fourth-order valence-corrected chi connectivity index (χ4v) is 9.60. The highest BCUT2D eigenvalue weighted by atomic mass is 32.1. The van der Waals surface area contributed by atoms with Crippen molar-refractivity contribution >= 4 is 56.6 Å². The zero-order valence-electron chi connectivity index (χ0n) is 35.6. The van der Waals surface area contributed by atoms with Gasteiger partial charge in [-0.3, -0.25) is 33.9 Å². The molecule has 0 aliphatic carbocycles. The van der Waals surface area contributed by atoms with E-state index in [0.717, 1.165) is 37.9 Å². The average molecular weight is 897 g/mol. The van der Waals surface area contributed by atoms with Crippen LogP contribution in [0.5, 0.6) is 11.5 Å². The van der Waals surface area contributed by atoms with E-state index in [0.29, 0.717) is 93.6 Å². The van der Waals surface area contributed by atoms with Crippen LogP contribution in [-0.2, 0) is 50.1 Å². The first-order valence-corrected chi connectivity index (χ1v) is 22.5. The lowest BCUT2D eigenvalue weighted by Crippen LogP contribution is -2.52. The Morgan fingerprint density at radius 3 is 2.54 bits per heavy atom. The molecule has 2 saturated heterocycles. The Morgan fingerprint density at radius 2 is 1.74 bits per heavy atom. The second-order valence-electron chi connectivity index (χ2n) is 16.3. The van der Waals surface area contributed by atoms with Gasteiger partial charge in [-0.2, -0.15) is 0 Å². The number of nitrogens with one attached hydrogen (secondary N) is 2. The number of amides is 4. The molecule has 0 bridgehead atoms. The fraction of sp³-hybridized carbons (Fsp3) is 0.306. The number of likely N-dealkylation sites (tertiary alicyclic amines) is 1. The Labute approximate surface area is 378 Å². The molecule has 6 aromatic rings. The highest BCUT2D eigenvalue weighted by molar-refractivity contribution is 7.10. The summed E-state index contributed by atoms with van der Waals surface area (Å²) in [6, 6.07) is 24.0. The molecule has 0 unspecified atom stereocenters. The summed E-state index contributed by atoms with van der Waals surface area (Å²) in [6.45, 7) is 8.11. The molecule has 4 aromatic carbocycles. The Bertz CT molecular complexity index is 2870. The predicted molar refractivity (Wildman–Crippen MR) is 245 cm³/mol. The number of carbonyl (C=O) groups is 4. The van der Waals surface area contributed by atoms with E-state index in [-0.39, 0.29) is 54.5 Å². The normalized spacial score (nSPS) is 16.2. The number of phenols is 1. The lowest BCUT2D eigenvalue weighted by Gasteiger charge is -2.39. The van der Waals surface area contributed by atoms with Crippen LogP contribution in [0.3, 0.4) is 0 Å². The van der Waals surface area contributed by atoms with Gasteiger partial charge in [-0.05, 0) is 76.4 Å². The standard InChI is InChI=1S/C49H48N6O9S/c1-2-45(58)53-25-33(26-53)46-51-41-12-9-32(37-23-34(56)21-31-5-3-4-6-36(31)37)22-38(41)48(60)54(46)16-18-63-20-19-62-17-15-50-24-30-7-10-35(11-8-30)64-28-43-39-27-55(49(61)40(39)29-65-43)42-13-14-44(57)52-47(42)59/h2-12,21-23,29,33,42,50,56H,1,13-20,24-28H2,(H,52,57,59)/t42-/m0/s1. The van der Waals surface area contributed by atoms with Crippen LogP contribution in [0.2, 0.25) is 0 Å². The topological polar surface area (TPSA) is 182 Å². The lowest BCUT2D eigenvalue weighted by atomic mass is 9.96. The maximum absolute atomic E-state index is 14.2. The predicted octanol–water partition coefficient (Wildman–Crippen LogP) is 5.26. The number of rotatable bonds is 18. The SMILES string of the molecule is C=CC(=O)N1CC(c2nc3ccc(-c4cc(O)cc5ccccc45)cc3c(=O)n2CCOCCOCCNCc2ccc(OCc3scc4c3CN([C@H]3CCC(=O)NC3=O)C4=O)cc2)C1. The molecule has 4 amide bonds. The summed E-state index contributed by atoms with van der Waals surface area (Å²) in [5, 5.41) is 20.3. The molecule has 1 atom stereocenters. The summed E-state index contributed by atoms with van der Waals surface area (Å²) in [5.74, 6) is 0.265. The number of phenolic OH excluding ortho intramolecular Hbond substituents is 1. The summed E-state index contributed by atoms with van der Waals surface area (Å²) in [4.78, 5) is 72.6. The van der Waals surface area contributed by atoms with Gasteiger partial charge in [0.1, 0.15) is 30.0 Å². The first kappa shape index (κ1) is 43.5. The summed E-state index contributed by atoms with van der Waals surface area (Å²) in [7, 11) is 0. The summed E-state index contributed by atoms with van der Waals surface area (Å²) in [6.07, 6.45) is 1.83.